The van der Waals surface area contributed by atoms with E-state index in [0.717, 1.165) is 12.1 Å². The van der Waals surface area contributed by atoms with Crippen molar-refractivity contribution in [2.45, 2.75) is 13.1 Å². The van der Waals surface area contributed by atoms with Gasteiger partial charge in [-0.1, -0.05) is 0 Å². The first-order valence-corrected chi connectivity index (χ1v) is 4.18. The quantitative estimate of drug-likeness (QED) is 0.752. The predicted molar refractivity (Wildman–Crippen MR) is 45.5 cm³/mol. The third-order valence-corrected chi connectivity index (χ3v) is 2.19. The smallest absolute Gasteiger partial charge is 0.416 e. The maximum atomic E-state index is 12.2. The van der Waals surface area contributed by atoms with Crippen LogP contribution in [0.2, 0.25) is 0 Å². The van der Waals surface area contributed by atoms with Crippen LogP contribution in [0.15, 0.2) is 16.6 Å². The lowest BCUT2D eigenvalue weighted by Crippen LogP contribution is -2.05. The van der Waals surface area contributed by atoms with Gasteiger partial charge >= 0.3 is 6.18 Å². The molecule has 0 bridgehead atoms. The van der Waals surface area contributed by atoms with Gasteiger partial charge in [-0.05, 0) is 40.5 Å². The van der Waals surface area contributed by atoms with Gasteiger partial charge in [-0.15, -0.1) is 0 Å². The van der Waals surface area contributed by atoms with E-state index in [9.17, 15) is 18.3 Å². The van der Waals surface area contributed by atoms with Gasteiger partial charge in [0.1, 0.15) is 5.75 Å². The van der Waals surface area contributed by atoms with Crippen LogP contribution in [0, 0.1) is 6.92 Å². The Kier molecular flexibility index (Phi) is 2.56. The molecule has 0 unspecified atom stereocenters. The Balaban J connectivity index is 3.29. The molecule has 0 atom stereocenters. The van der Waals surface area contributed by atoms with Gasteiger partial charge in [0.05, 0.1) is 10.0 Å². The average Bonchev–Trinajstić information content (AvgIpc) is 1.97. The Morgan fingerprint density at radius 1 is 1.31 bits per heavy atom. The van der Waals surface area contributed by atoms with Crippen molar-refractivity contribution in [3.05, 3.63) is 27.7 Å². The van der Waals surface area contributed by atoms with E-state index in [1.54, 1.807) is 0 Å². The second-order valence-electron chi connectivity index (χ2n) is 2.62. The molecule has 0 spiro atoms. The Labute approximate surface area is 81.3 Å². The number of phenolic OH excluding ortho intramolecular Hbond substituents is 1. The molecule has 0 aromatic heterocycles. The van der Waals surface area contributed by atoms with Gasteiger partial charge < -0.3 is 5.11 Å². The van der Waals surface area contributed by atoms with Gasteiger partial charge in [0.2, 0.25) is 0 Å². The van der Waals surface area contributed by atoms with Crippen LogP contribution in [0.25, 0.3) is 0 Å². The summed E-state index contributed by atoms with van der Waals surface area (Å²) < 4.78 is 36.6. The Hall–Kier alpha value is -0.710. The summed E-state index contributed by atoms with van der Waals surface area (Å²) in [6.45, 7) is 1.41. The van der Waals surface area contributed by atoms with Crippen molar-refractivity contribution in [1.82, 2.24) is 0 Å². The van der Waals surface area contributed by atoms with Gasteiger partial charge in [0.15, 0.2) is 0 Å². The van der Waals surface area contributed by atoms with E-state index in [1.165, 1.54) is 6.92 Å². The molecule has 0 aliphatic carbocycles. The van der Waals surface area contributed by atoms with Gasteiger partial charge in [-0.25, -0.2) is 0 Å². The largest absolute Gasteiger partial charge is 0.506 e. The van der Waals surface area contributed by atoms with E-state index in [-0.39, 0.29) is 15.8 Å². The minimum atomic E-state index is -4.37. The van der Waals surface area contributed by atoms with Gasteiger partial charge in [0, 0.05) is 0 Å². The van der Waals surface area contributed by atoms with Crippen molar-refractivity contribution in [1.29, 1.82) is 0 Å². The van der Waals surface area contributed by atoms with Crippen molar-refractivity contribution in [2.24, 2.45) is 0 Å². The molecule has 1 rings (SSSR count). The van der Waals surface area contributed by atoms with Crippen LogP contribution >= 0.6 is 15.9 Å². The first kappa shape index (κ1) is 10.4. The molecule has 72 valence electrons. The van der Waals surface area contributed by atoms with Crippen LogP contribution in [0.3, 0.4) is 0 Å². The lowest BCUT2D eigenvalue weighted by Gasteiger charge is -2.09. The molecule has 5 heteroatoms. The van der Waals surface area contributed by atoms with Crippen molar-refractivity contribution in [3.63, 3.8) is 0 Å². The zero-order valence-corrected chi connectivity index (χ0v) is 8.20. The summed E-state index contributed by atoms with van der Waals surface area (Å²) >= 11 is 2.84. The number of aryl methyl sites for hydroxylation is 1. The monoisotopic (exact) mass is 254 g/mol. The molecular weight excluding hydrogens is 249 g/mol. The van der Waals surface area contributed by atoms with E-state index in [0.29, 0.717) is 0 Å². The van der Waals surface area contributed by atoms with Crippen LogP contribution in [0.4, 0.5) is 13.2 Å². The highest BCUT2D eigenvalue weighted by atomic mass is 79.9. The zero-order valence-electron chi connectivity index (χ0n) is 6.61. The number of rotatable bonds is 0. The van der Waals surface area contributed by atoms with Crippen molar-refractivity contribution >= 4 is 15.9 Å². The normalized spacial score (nSPS) is 11.8. The molecular formula is C8H6BrF3O. The molecule has 0 fully saturated rings. The molecule has 1 aromatic rings. The molecule has 0 radical (unpaired) electrons. The highest BCUT2D eigenvalue weighted by Gasteiger charge is 2.31. The summed E-state index contributed by atoms with van der Waals surface area (Å²) in [6, 6.07) is 1.75. The van der Waals surface area contributed by atoms with Crippen molar-refractivity contribution < 1.29 is 18.3 Å². The van der Waals surface area contributed by atoms with E-state index >= 15 is 0 Å². The van der Waals surface area contributed by atoms with Gasteiger partial charge in [0.25, 0.3) is 0 Å². The fourth-order valence-electron chi connectivity index (χ4n) is 0.900. The molecule has 1 aromatic carbocycles. The summed E-state index contributed by atoms with van der Waals surface area (Å²) in [7, 11) is 0. The molecule has 0 aliphatic rings. The highest BCUT2D eigenvalue weighted by Crippen LogP contribution is 2.36. The summed E-state index contributed by atoms with van der Waals surface area (Å²) in [4.78, 5) is 0. The number of hydrogen-bond donors (Lipinski definition) is 1. The third-order valence-electron chi connectivity index (χ3n) is 1.58. The Morgan fingerprint density at radius 3 is 2.23 bits per heavy atom. The predicted octanol–water partition coefficient (Wildman–Crippen LogP) is 3.48. The summed E-state index contributed by atoms with van der Waals surface area (Å²) in [5, 5.41) is 9.18. The summed E-state index contributed by atoms with van der Waals surface area (Å²) in [6.07, 6.45) is -4.37. The fourth-order valence-corrected chi connectivity index (χ4v) is 1.46. The minimum absolute atomic E-state index is 0.0554. The van der Waals surface area contributed by atoms with E-state index in [2.05, 4.69) is 15.9 Å². The molecule has 1 nitrogen and oxygen atoms in total. The molecule has 0 aliphatic heterocycles. The molecule has 0 heterocycles. The molecule has 0 saturated heterocycles. The van der Waals surface area contributed by atoms with Crippen LogP contribution in [-0.4, -0.2) is 5.11 Å². The number of phenols is 1. The number of alkyl halides is 3. The molecule has 0 saturated carbocycles. The first-order chi connectivity index (χ1) is 5.82. The van der Waals surface area contributed by atoms with Crippen LogP contribution < -0.4 is 0 Å². The average molecular weight is 255 g/mol. The summed E-state index contributed by atoms with van der Waals surface area (Å²) in [5.74, 6) is -0.159. The highest BCUT2D eigenvalue weighted by molar-refractivity contribution is 9.10. The number of aromatic hydroxyl groups is 1. The van der Waals surface area contributed by atoms with E-state index in [1.807, 2.05) is 0 Å². The van der Waals surface area contributed by atoms with Crippen LogP contribution in [0.1, 0.15) is 11.1 Å². The topological polar surface area (TPSA) is 20.2 Å². The molecule has 1 N–H and O–H groups in total. The Bertz CT molecular complexity index is 310. The van der Waals surface area contributed by atoms with Crippen LogP contribution in [0.5, 0.6) is 5.75 Å². The van der Waals surface area contributed by atoms with Gasteiger partial charge in [-0.2, -0.15) is 13.2 Å². The Morgan fingerprint density at radius 2 is 1.85 bits per heavy atom. The fraction of sp³-hybridized carbons (Fsp3) is 0.250. The number of benzene rings is 1. The second-order valence-corrected chi connectivity index (χ2v) is 3.48. The maximum absolute atomic E-state index is 12.2. The number of halogens is 4. The second kappa shape index (κ2) is 3.21. The summed E-state index contributed by atoms with van der Waals surface area (Å²) in [5.41, 5.74) is -0.573. The van der Waals surface area contributed by atoms with Gasteiger partial charge in [-0.3, -0.25) is 0 Å². The SMILES string of the molecule is Cc1cc(C(F)(F)F)cc(Br)c1O. The van der Waals surface area contributed by atoms with Crippen LogP contribution in [-0.2, 0) is 6.18 Å². The minimum Gasteiger partial charge on any atom is -0.506 e. The number of hydrogen-bond acceptors (Lipinski definition) is 1. The zero-order chi connectivity index (χ0) is 10.2. The van der Waals surface area contributed by atoms with E-state index in [4.69, 9.17) is 0 Å². The molecule has 0 amide bonds. The van der Waals surface area contributed by atoms with Crippen molar-refractivity contribution in [3.8, 4) is 5.75 Å². The maximum Gasteiger partial charge on any atom is 0.416 e. The molecule has 13 heavy (non-hydrogen) atoms. The first-order valence-electron chi connectivity index (χ1n) is 3.38. The lowest BCUT2D eigenvalue weighted by atomic mass is 10.1. The standard InChI is InChI=1S/C8H6BrF3O/c1-4-2-5(8(10,11)12)3-6(9)7(4)13/h2-3,13H,1H3. The lowest BCUT2D eigenvalue weighted by molar-refractivity contribution is -0.137. The van der Waals surface area contributed by atoms with E-state index < -0.39 is 11.7 Å². The third kappa shape index (κ3) is 2.15. The van der Waals surface area contributed by atoms with Crippen molar-refractivity contribution in [2.75, 3.05) is 0 Å².